The lowest BCUT2D eigenvalue weighted by atomic mass is 9.84. The van der Waals surface area contributed by atoms with Crippen molar-refractivity contribution in [3.63, 3.8) is 0 Å². The maximum atomic E-state index is 11.3. The maximum Gasteiger partial charge on any atom is 0.344 e. The molecular weight excluding hydrogens is 296 g/mol. The number of amidine groups is 1. The van der Waals surface area contributed by atoms with Crippen LogP contribution in [0.3, 0.4) is 0 Å². The summed E-state index contributed by atoms with van der Waals surface area (Å²) in [4.78, 5) is 15.9. The van der Waals surface area contributed by atoms with E-state index in [9.17, 15) is 10.0 Å². The lowest BCUT2D eigenvalue weighted by molar-refractivity contribution is -0.145. The number of nitrogens with zero attached hydrogens (tertiary/aromatic N) is 2. The number of carbonyl (C=O) groups excluding carboxylic acids is 1. The minimum atomic E-state index is -0.499. The molecule has 1 heterocycles. The summed E-state index contributed by atoms with van der Waals surface area (Å²) in [6, 6.07) is 7.09. The van der Waals surface area contributed by atoms with Crippen LogP contribution in [0, 0.1) is 0 Å². The molecule has 0 aliphatic carbocycles. The lowest BCUT2D eigenvalue weighted by Gasteiger charge is -2.36. The number of carbonyl (C=O) groups is 1. The SMILES string of the molecule is CCOC(=O)COc1ccc(C2=NC(C)(C)C(C)(C)N2O)cc1. The Kier molecular flexibility index (Phi) is 4.66. The third-order valence-electron chi connectivity index (χ3n) is 4.39. The number of ether oxygens (including phenoxy) is 2. The Bertz CT molecular complexity index is 606. The second-order valence-corrected chi connectivity index (χ2v) is 6.48. The molecule has 2 rings (SSSR count). The van der Waals surface area contributed by atoms with Gasteiger partial charge in [-0.25, -0.2) is 9.86 Å². The van der Waals surface area contributed by atoms with Crippen LogP contribution in [0.5, 0.6) is 5.75 Å². The molecule has 0 bridgehead atoms. The molecule has 0 spiro atoms. The van der Waals surface area contributed by atoms with E-state index in [-0.39, 0.29) is 6.61 Å². The third kappa shape index (κ3) is 3.32. The molecule has 0 aromatic heterocycles. The number of esters is 1. The van der Waals surface area contributed by atoms with Gasteiger partial charge < -0.3 is 9.47 Å². The van der Waals surface area contributed by atoms with Gasteiger partial charge in [0.2, 0.25) is 0 Å². The molecule has 1 aliphatic rings. The van der Waals surface area contributed by atoms with Crippen LogP contribution in [-0.4, -0.2) is 46.4 Å². The van der Waals surface area contributed by atoms with Gasteiger partial charge in [0.15, 0.2) is 12.4 Å². The fraction of sp³-hybridized carbons (Fsp3) is 0.529. The molecule has 0 unspecified atom stereocenters. The zero-order valence-corrected chi connectivity index (χ0v) is 14.3. The highest BCUT2D eigenvalue weighted by atomic mass is 16.6. The fourth-order valence-electron chi connectivity index (χ4n) is 2.20. The Balaban J connectivity index is 2.10. The summed E-state index contributed by atoms with van der Waals surface area (Å²) in [7, 11) is 0. The van der Waals surface area contributed by atoms with Crippen LogP contribution >= 0.6 is 0 Å². The zero-order chi connectivity index (χ0) is 17.3. The first kappa shape index (κ1) is 17.3. The van der Waals surface area contributed by atoms with Crippen molar-refractivity contribution in [3.8, 4) is 5.75 Å². The van der Waals surface area contributed by atoms with Crippen LogP contribution in [0.4, 0.5) is 0 Å². The average molecular weight is 320 g/mol. The number of benzene rings is 1. The van der Waals surface area contributed by atoms with E-state index in [0.29, 0.717) is 18.2 Å². The van der Waals surface area contributed by atoms with Gasteiger partial charge in [-0.2, -0.15) is 0 Å². The largest absolute Gasteiger partial charge is 0.482 e. The van der Waals surface area contributed by atoms with Gasteiger partial charge in [-0.15, -0.1) is 0 Å². The van der Waals surface area contributed by atoms with Gasteiger partial charge in [-0.3, -0.25) is 10.2 Å². The maximum absolute atomic E-state index is 11.3. The molecule has 1 N–H and O–H groups in total. The average Bonchev–Trinajstić information content (AvgIpc) is 2.66. The van der Waals surface area contributed by atoms with Gasteiger partial charge in [0, 0.05) is 5.56 Å². The number of hydroxylamine groups is 2. The predicted molar refractivity (Wildman–Crippen MR) is 86.9 cm³/mol. The van der Waals surface area contributed by atoms with Crippen LogP contribution in [0.1, 0.15) is 40.2 Å². The van der Waals surface area contributed by atoms with Gasteiger partial charge in [-0.05, 0) is 58.9 Å². The van der Waals surface area contributed by atoms with Crippen molar-refractivity contribution >= 4 is 11.8 Å². The quantitative estimate of drug-likeness (QED) is 0.845. The molecule has 0 saturated heterocycles. The highest BCUT2D eigenvalue weighted by Crippen LogP contribution is 2.37. The summed E-state index contributed by atoms with van der Waals surface area (Å²) in [6.45, 7) is 9.82. The summed E-state index contributed by atoms with van der Waals surface area (Å²) < 4.78 is 10.2. The Morgan fingerprint density at radius 1 is 1.22 bits per heavy atom. The standard InChI is InChI=1S/C17H24N2O4/c1-6-22-14(20)11-23-13-9-7-12(8-10-13)15-18-16(2,3)17(4,5)19(15)21/h7-10,21H,6,11H2,1-5H3. The van der Waals surface area contributed by atoms with Gasteiger partial charge in [0.05, 0.1) is 17.7 Å². The summed E-state index contributed by atoms with van der Waals surface area (Å²) >= 11 is 0. The van der Waals surface area contributed by atoms with E-state index in [1.807, 2.05) is 27.7 Å². The van der Waals surface area contributed by atoms with Crippen molar-refractivity contribution < 1.29 is 19.5 Å². The highest BCUT2D eigenvalue weighted by molar-refractivity contribution is 6.00. The minimum absolute atomic E-state index is 0.125. The Morgan fingerprint density at radius 3 is 2.30 bits per heavy atom. The topological polar surface area (TPSA) is 71.4 Å². The van der Waals surface area contributed by atoms with E-state index in [1.165, 1.54) is 5.06 Å². The van der Waals surface area contributed by atoms with Crippen LogP contribution in [0.15, 0.2) is 29.3 Å². The Labute approximate surface area is 136 Å². The Morgan fingerprint density at radius 2 is 1.83 bits per heavy atom. The van der Waals surface area contributed by atoms with Crippen molar-refractivity contribution in [2.45, 2.75) is 45.7 Å². The molecular formula is C17H24N2O4. The molecule has 1 aliphatic heterocycles. The Hall–Kier alpha value is -2.08. The molecule has 0 amide bonds. The molecule has 0 saturated carbocycles. The molecule has 6 nitrogen and oxygen atoms in total. The minimum Gasteiger partial charge on any atom is -0.482 e. The molecule has 0 fully saturated rings. The monoisotopic (exact) mass is 320 g/mol. The predicted octanol–water partition coefficient (Wildman–Crippen LogP) is 2.64. The number of hydrogen-bond acceptors (Lipinski definition) is 6. The van der Waals surface area contributed by atoms with Crippen molar-refractivity contribution in [1.82, 2.24) is 5.06 Å². The molecule has 1 aromatic rings. The van der Waals surface area contributed by atoms with E-state index in [1.54, 1.807) is 31.2 Å². The van der Waals surface area contributed by atoms with E-state index >= 15 is 0 Å². The summed E-state index contributed by atoms with van der Waals surface area (Å²) in [5.74, 6) is 0.683. The first-order valence-electron chi connectivity index (χ1n) is 7.67. The number of rotatable bonds is 5. The zero-order valence-electron chi connectivity index (χ0n) is 14.3. The number of aliphatic imine (C=N–C) groups is 1. The molecule has 0 radical (unpaired) electrons. The van der Waals surface area contributed by atoms with Crippen molar-refractivity contribution in [1.29, 1.82) is 0 Å². The van der Waals surface area contributed by atoms with Gasteiger partial charge in [0.25, 0.3) is 0 Å². The normalized spacial score (nSPS) is 18.5. The highest BCUT2D eigenvalue weighted by Gasteiger charge is 2.49. The van der Waals surface area contributed by atoms with Crippen molar-refractivity contribution in [2.24, 2.45) is 4.99 Å². The summed E-state index contributed by atoms with van der Waals surface area (Å²) in [6.07, 6.45) is 0. The summed E-state index contributed by atoms with van der Waals surface area (Å²) in [5.41, 5.74) is -0.118. The molecule has 1 aromatic carbocycles. The van der Waals surface area contributed by atoms with Crippen molar-refractivity contribution in [3.05, 3.63) is 29.8 Å². The van der Waals surface area contributed by atoms with Crippen LogP contribution < -0.4 is 4.74 Å². The summed E-state index contributed by atoms with van der Waals surface area (Å²) in [5, 5.41) is 11.6. The van der Waals surface area contributed by atoms with Crippen LogP contribution in [0.25, 0.3) is 0 Å². The van der Waals surface area contributed by atoms with E-state index < -0.39 is 17.0 Å². The molecule has 23 heavy (non-hydrogen) atoms. The second kappa shape index (κ2) is 6.20. The van der Waals surface area contributed by atoms with E-state index in [4.69, 9.17) is 9.47 Å². The fourth-order valence-corrected chi connectivity index (χ4v) is 2.20. The molecule has 6 heteroatoms. The van der Waals surface area contributed by atoms with Gasteiger partial charge in [-0.1, -0.05) is 0 Å². The second-order valence-electron chi connectivity index (χ2n) is 6.48. The molecule has 0 atom stereocenters. The van der Waals surface area contributed by atoms with Gasteiger partial charge in [0.1, 0.15) is 5.75 Å². The molecule has 126 valence electrons. The lowest BCUT2D eigenvalue weighted by Crippen LogP contribution is -2.51. The van der Waals surface area contributed by atoms with Crippen molar-refractivity contribution in [2.75, 3.05) is 13.2 Å². The van der Waals surface area contributed by atoms with E-state index in [2.05, 4.69) is 4.99 Å². The van der Waals surface area contributed by atoms with E-state index in [0.717, 1.165) is 5.56 Å². The van der Waals surface area contributed by atoms with Crippen LogP contribution in [0.2, 0.25) is 0 Å². The smallest absolute Gasteiger partial charge is 0.344 e. The third-order valence-corrected chi connectivity index (χ3v) is 4.39. The number of hydrogen-bond donors (Lipinski definition) is 1. The first-order chi connectivity index (χ1) is 10.7. The van der Waals surface area contributed by atoms with Crippen LogP contribution in [-0.2, 0) is 9.53 Å². The first-order valence-corrected chi connectivity index (χ1v) is 7.67. The van der Waals surface area contributed by atoms with Gasteiger partial charge >= 0.3 is 5.97 Å².